The summed E-state index contributed by atoms with van der Waals surface area (Å²) in [6.07, 6.45) is 5.61. The van der Waals surface area contributed by atoms with Crippen molar-refractivity contribution in [2.75, 3.05) is 45.7 Å². The van der Waals surface area contributed by atoms with Crippen LogP contribution in [-0.4, -0.2) is 130 Å². The van der Waals surface area contributed by atoms with Crippen molar-refractivity contribution in [3.63, 3.8) is 0 Å². The number of hydrazone groups is 1. The molecule has 0 aromatic heterocycles. The van der Waals surface area contributed by atoms with Gasteiger partial charge in [0.25, 0.3) is 11.7 Å². The van der Waals surface area contributed by atoms with E-state index in [1.165, 1.54) is 59.4 Å². The Morgan fingerprint density at radius 2 is 1.62 bits per heavy atom. The number of aliphatic hydroxyl groups excluding tert-OH is 2. The van der Waals surface area contributed by atoms with Crippen LogP contribution in [0.5, 0.6) is 28.7 Å². The number of ether oxygens (including phenoxy) is 5. The third kappa shape index (κ3) is 10.6. The minimum Gasteiger partial charge on any atom is -0.507 e. The van der Waals surface area contributed by atoms with Crippen LogP contribution in [0.15, 0.2) is 65.5 Å². The molecule has 4 heterocycles. The summed E-state index contributed by atoms with van der Waals surface area (Å²) in [5, 5.41) is 67.9. The number of phenolic OH excluding ortho intramolecular Hbond substituents is 3. The molecular formula is C51H66N4O13. The molecule has 3 aromatic rings. The first-order valence-electron chi connectivity index (χ1n) is 22.9. The number of phenols is 3. The zero-order valence-electron chi connectivity index (χ0n) is 40.5. The number of anilines is 1. The van der Waals surface area contributed by atoms with E-state index in [9.17, 15) is 39.9 Å². The number of allylic oxidation sites excluding steroid dienone is 2. The number of amides is 1. The summed E-state index contributed by atoms with van der Waals surface area (Å²) in [5.74, 6) is -7.71. The molecule has 0 radical (unpaired) electrons. The molecule has 4 aliphatic rings. The lowest BCUT2D eigenvalue weighted by molar-refractivity contribution is -0.160. The highest BCUT2D eigenvalue weighted by Gasteiger charge is 2.50. The Morgan fingerprint density at radius 3 is 2.28 bits per heavy atom. The highest BCUT2D eigenvalue weighted by atomic mass is 16.7. The predicted molar refractivity (Wildman–Crippen MR) is 256 cm³/mol. The minimum absolute atomic E-state index is 0.0479. The SMILES string of the molecule is COc1ccc(CN2CCCN(/N=C/c3c4c(O)c5c(O)c(C)c6c(c5c3O)C(=O)C(C)(O/C=C/C(OC)C(C)C(OC(C)=O)C(C)C(O)C(C)C(O)C(C)/C=C/C=C(C)C(=O)N4)O6)CC2)cc1. The third-order valence-corrected chi connectivity index (χ3v) is 13.5. The monoisotopic (exact) mass is 942 g/mol. The number of carbonyl (C=O) groups excluding carboxylic acids is 3. The van der Waals surface area contributed by atoms with E-state index in [2.05, 4.69) is 10.2 Å². The van der Waals surface area contributed by atoms with Crippen LogP contribution in [0.1, 0.15) is 81.9 Å². The summed E-state index contributed by atoms with van der Waals surface area (Å²) in [5.41, 5.74) is 0.723. The van der Waals surface area contributed by atoms with Crippen LogP contribution in [0.25, 0.3) is 10.8 Å². The summed E-state index contributed by atoms with van der Waals surface area (Å²) in [4.78, 5) is 43.3. The number of rotatable bonds is 7. The second kappa shape index (κ2) is 21.4. The molecule has 1 amide bonds. The largest absolute Gasteiger partial charge is 0.507 e. The van der Waals surface area contributed by atoms with Gasteiger partial charge in [0, 0.05) is 93.9 Å². The van der Waals surface area contributed by atoms with E-state index in [-0.39, 0.29) is 44.5 Å². The van der Waals surface area contributed by atoms with Crippen molar-refractivity contribution in [3.05, 3.63) is 82.7 Å². The number of esters is 1. The summed E-state index contributed by atoms with van der Waals surface area (Å²) in [6.45, 7) is 15.8. The van der Waals surface area contributed by atoms with E-state index in [1.54, 1.807) is 47.0 Å². The zero-order valence-corrected chi connectivity index (χ0v) is 40.5. The fraction of sp³-hybridized carbons (Fsp3) is 0.490. The number of hydrogen-bond acceptors (Lipinski definition) is 16. The molecule has 0 saturated carbocycles. The van der Waals surface area contributed by atoms with Crippen molar-refractivity contribution in [2.45, 2.75) is 98.6 Å². The van der Waals surface area contributed by atoms with Gasteiger partial charge in [0.15, 0.2) is 5.75 Å². The molecular weight excluding hydrogens is 877 g/mol. The Bertz CT molecular complexity index is 2490. The summed E-state index contributed by atoms with van der Waals surface area (Å²) >= 11 is 0. The van der Waals surface area contributed by atoms with Crippen molar-refractivity contribution in [1.82, 2.24) is 9.91 Å². The quantitative estimate of drug-likeness (QED) is 0.0661. The number of carbonyl (C=O) groups is 3. The Kier molecular flexibility index (Phi) is 16.2. The van der Waals surface area contributed by atoms with Gasteiger partial charge in [-0.2, -0.15) is 5.10 Å². The van der Waals surface area contributed by atoms with E-state index >= 15 is 0 Å². The van der Waals surface area contributed by atoms with Gasteiger partial charge in [-0.1, -0.05) is 58.1 Å². The Morgan fingerprint density at radius 1 is 0.912 bits per heavy atom. The Balaban J connectivity index is 1.45. The number of aromatic hydroxyl groups is 3. The zero-order chi connectivity index (χ0) is 49.8. The number of benzene rings is 3. The first-order valence-corrected chi connectivity index (χ1v) is 22.9. The van der Waals surface area contributed by atoms with Gasteiger partial charge in [0.05, 0.1) is 60.1 Å². The summed E-state index contributed by atoms with van der Waals surface area (Å²) < 4.78 is 29.1. The van der Waals surface area contributed by atoms with E-state index in [0.717, 1.165) is 24.3 Å². The van der Waals surface area contributed by atoms with Crippen molar-refractivity contribution in [3.8, 4) is 28.7 Å². The molecule has 0 aliphatic carbocycles. The van der Waals surface area contributed by atoms with Gasteiger partial charge in [-0.15, -0.1) is 0 Å². The first-order chi connectivity index (χ1) is 32.2. The number of Topliss-reactive ketones (excluding diaryl/α,β-unsaturated/α-hetero) is 1. The average Bonchev–Trinajstić information content (AvgIpc) is 3.41. The molecule has 4 aliphatic heterocycles. The Labute approximate surface area is 397 Å². The number of nitrogens with one attached hydrogen (secondary N) is 1. The molecule has 3 aromatic carbocycles. The van der Waals surface area contributed by atoms with Crippen molar-refractivity contribution in [1.29, 1.82) is 0 Å². The molecule has 68 heavy (non-hydrogen) atoms. The molecule has 368 valence electrons. The second-order valence-corrected chi connectivity index (χ2v) is 18.3. The van der Waals surface area contributed by atoms with Crippen LogP contribution in [0, 0.1) is 30.6 Å². The van der Waals surface area contributed by atoms with Crippen LogP contribution in [-0.2, 0) is 30.3 Å². The van der Waals surface area contributed by atoms with Crippen LogP contribution in [0.3, 0.4) is 0 Å². The maximum atomic E-state index is 14.6. The van der Waals surface area contributed by atoms with E-state index in [0.29, 0.717) is 26.2 Å². The number of fused-ring (bicyclic) bond motifs is 14. The molecule has 9 unspecified atom stereocenters. The van der Waals surface area contributed by atoms with Gasteiger partial charge >= 0.3 is 11.8 Å². The van der Waals surface area contributed by atoms with Crippen molar-refractivity contribution in [2.24, 2.45) is 28.8 Å². The highest BCUT2D eigenvalue weighted by Crippen LogP contribution is 2.55. The lowest BCUT2D eigenvalue weighted by Gasteiger charge is -2.38. The second-order valence-electron chi connectivity index (χ2n) is 18.3. The molecule has 6 N–H and O–H groups in total. The van der Waals surface area contributed by atoms with Crippen molar-refractivity contribution < 1.29 is 63.6 Å². The fourth-order valence-corrected chi connectivity index (χ4v) is 9.23. The number of nitrogens with zero attached hydrogens (tertiary/aromatic N) is 3. The van der Waals surface area contributed by atoms with Crippen LogP contribution >= 0.6 is 0 Å². The van der Waals surface area contributed by atoms with Gasteiger partial charge in [0.2, 0.25) is 0 Å². The van der Waals surface area contributed by atoms with Gasteiger partial charge in [0.1, 0.15) is 29.1 Å². The molecule has 17 heteroatoms. The lowest BCUT2D eigenvalue weighted by atomic mass is 9.78. The highest BCUT2D eigenvalue weighted by molar-refractivity contribution is 6.23. The molecule has 9 atom stereocenters. The molecule has 7 rings (SSSR count). The summed E-state index contributed by atoms with van der Waals surface area (Å²) in [6, 6.07) is 7.89. The predicted octanol–water partition coefficient (Wildman–Crippen LogP) is 6.30. The standard InChI is InChI=1S/C51H66N4O13/c1-27-13-11-14-28(2)50(63)53-41-36(25-52-55-21-12-20-54(22-23-55)26-34-15-17-35(64-9)18-16-34)45(60)38-39(46(41)61)44(59)32(6)48-40(38)49(62)51(8,68-48)66-24-19-37(65-10)29(3)47(67-33(7)56)31(5)43(58)30(4)42(27)57/h11,13-19,24-25,27,29-31,37,42-43,47,57-61H,12,20-23,26H2,1-10H3,(H,53,63)/b13-11+,24-19+,28-14?,52-25+. The number of aliphatic hydroxyl groups is 2. The van der Waals surface area contributed by atoms with Crippen LogP contribution < -0.4 is 14.8 Å². The fourth-order valence-electron chi connectivity index (χ4n) is 9.23. The van der Waals surface area contributed by atoms with E-state index < -0.39 is 88.8 Å². The maximum Gasteiger partial charge on any atom is 0.312 e. The first kappa shape index (κ1) is 51.3. The van der Waals surface area contributed by atoms with Gasteiger partial charge < -0.3 is 54.5 Å². The smallest absolute Gasteiger partial charge is 0.312 e. The molecule has 5 bridgehead atoms. The number of methoxy groups -OCH3 is 2. The van der Waals surface area contributed by atoms with E-state index in [4.69, 9.17) is 28.8 Å². The molecule has 1 fully saturated rings. The van der Waals surface area contributed by atoms with Crippen LogP contribution in [0.4, 0.5) is 5.69 Å². The minimum atomic E-state index is -2.07. The molecule has 1 saturated heterocycles. The summed E-state index contributed by atoms with van der Waals surface area (Å²) in [7, 11) is 3.06. The van der Waals surface area contributed by atoms with Gasteiger partial charge in [-0.3, -0.25) is 24.3 Å². The Hall–Kier alpha value is -6.14. The number of ketones is 1. The van der Waals surface area contributed by atoms with Crippen molar-refractivity contribution >= 4 is 40.3 Å². The third-order valence-electron chi connectivity index (χ3n) is 13.5. The topological polar surface area (TPSA) is 229 Å². The maximum absolute atomic E-state index is 14.6. The lowest BCUT2D eigenvalue weighted by Crippen LogP contribution is -2.46. The normalized spacial score (nSPS) is 28.7. The molecule has 17 nitrogen and oxygen atoms in total. The number of hydrogen-bond donors (Lipinski definition) is 6. The van der Waals surface area contributed by atoms with Gasteiger partial charge in [-0.05, 0) is 44.0 Å². The average molecular weight is 943 g/mol. The van der Waals surface area contributed by atoms with Gasteiger partial charge in [-0.25, -0.2) is 0 Å². The van der Waals surface area contributed by atoms with Crippen LogP contribution in [0.2, 0.25) is 0 Å². The molecule has 0 spiro atoms. The van der Waals surface area contributed by atoms with E-state index in [1.807, 2.05) is 29.3 Å².